The van der Waals surface area contributed by atoms with Gasteiger partial charge < -0.3 is 0 Å². The molecule has 0 bridgehead atoms. The van der Waals surface area contributed by atoms with E-state index < -0.39 is 10.0 Å². The van der Waals surface area contributed by atoms with Crippen molar-refractivity contribution in [1.29, 1.82) is 0 Å². The van der Waals surface area contributed by atoms with E-state index in [1.165, 1.54) is 6.42 Å². The van der Waals surface area contributed by atoms with E-state index in [1.807, 2.05) is 12.1 Å². The zero-order chi connectivity index (χ0) is 13.9. The summed E-state index contributed by atoms with van der Waals surface area (Å²) < 4.78 is 27.4. The smallest absolute Gasteiger partial charge is 0.208 e. The van der Waals surface area contributed by atoms with E-state index in [0.717, 1.165) is 30.2 Å². The van der Waals surface area contributed by atoms with Gasteiger partial charge in [-0.25, -0.2) is 13.1 Å². The van der Waals surface area contributed by atoms with Crippen LogP contribution in [0, 0.1) is 5.92 Å². The van der Waals surface area contributed by atoms with Gasteiger partial charge in [0.2, 0.25) is 10.0 Å². The molecule has 1 N–H and O–H groups in total. The summed E-state index contributed by atoms with van der Waals surface area (Å²) in [5.74, 6) is 0.609. The van der Waals surface area contributed by atoms with Crippen molar-refractivity contribution in [2.24, 2.45) is 5.92 Å². The minimum Gasteiger partial charge on any atom is -0.208 e. The minimum absolute atomic E-state index is 0.0876. The SMILES string of the molecule is CC1CCCC(NS(=O)(=O)c2ccc(CBr)cc2)C1. The van der Waals surface area contributed by atoms with Crippen LogP contribution in [0.3, 0.4) is 0 Å². The van der Waals surface area contributed by atoms with Crippen molar-refractivity contribution in [3.05, 3.63) is 29.8 Å². The molecule has 5 heteroatoms. The molecule has 1 saturated carbocycles. The molecule has 1 aromatic carbocycles. The summed E-state index contributed by atoms with van der Waals surface area (Å²) in [6.45, 7) is 2.19. The first-order valence-corrected chi connectivity index (χ1v) is 9.29. The van der Waals surface area contributed by atoms with E-state index in [-0.39, 0.29) is 6.04 Å². The Bertz CT molecular complexity index is 513. The molecule has 1 aromatic rings. The Balaban J connectivity index is 2.08. The van der Waals surface area contributed by atoms with Crippen molar-refractivity contribution in [2.45, 2.75) is 48.9 Å². The lowest BCUT2D eigenvalue weighted by Crippen LogP contribution is -2.37. The quantitative estimate of drug-likeness (QED) is 0.849. The molecule has 0 aliphatic heterocycles. The van der Waals surface area contributed by atoms with Crippen LogP contribution in [0.15, 0.2) is 29.2 Å². The zero-order valence-electron chi connectivity index (χ0n) is 11.1. The summed E-state index contributed by atoms with van der Waals surface area (Å²) >= 11 is 3.35. The summed E-state index contributed by atoms with van der Waals surface area (Å²) in [6, 6.07) is 7.11. The molecule has 2 atom stereocenters. The van der Waals surface area contributed by atoms with Gasteiger partial charge in [0.05, 0.1) is 4.90 Å². The van der Waals surface area contributed by atoms with Crippen LogP contribution in [0.5, 0.6) is 0 Å². The molecule has 1 aliphatic rings. The van der Waals surface area contributed by atoms with Gasteiger partial charge in [-0.15, -0.1) is 0 Å². The van der Waals surface area contributed by atoms with Crippen LogP contribution in [0.1, 0.15) is 38.2 Å². The van der Waals surface area contributed by atoms with Crippen LogP contribution in [0.2, 0.25) is 0 Å². The van der Waals surface area contributed by atoms with Crippen LogP contribution < -0.4 is 4.72 Å². The fraction of sp³-hybridized carbons (Fsp3) is 0.571. The van der Waals surface area contributed by atoms with Crippen molar-refractivity contribution in [3.8, 4) is 0 Å². The van der Waals surface area contributed by atoms with Gasteiger partial charge in [0.1, 0.15) is 0 Å². The van der Waals surface area contributed by atoms with Crippen LogP contribution in [0.25, 0.3) is 0 Å². The molecule has 0 radical (unpaired) electrons. The van der Waals surface area contributed by atoms with Crippen molar-refractivity contribution in [2.75, 3.05) is 0 Å². The Morgan fingerprint density at radius 1 is 1.26 bits per heavy atom. The maximum atomic E-state index is 12.3. The fourth-order valence-corrected chi connectivity index (χ4v) is 4.24. The number of hydrogen-bond donors (Lipinski definition) is 1. The second-order valence-electron chi connectivity index (χ2n) is 5.37. The molecule has 0 amide bonds. The normalized spacial score (nSPS) is 24.3. The molecule has 2 rings (SSSR count). The Kier molecular flexibility index (Phi) is 5.03. The molecule has 0 spiro atoms. The summed E-state index contributed by atoms with van der Waals surface area (Å²) in [6.07, 6.45) is 4.21. The second-order valence-corrected chi connectivity index (χ2v) is 7.64. The van der Waals surface area contributed by atoms with Crippen molar-refractivity contribution in [3.63, 3.8) is 0 Å². The Morgan fingerprint density at radius 3 is 2.53 bits per heavy atom. The molecular weight excluding hydrogens is 326 g/mol. The average molecular weight is 346 g/mol. The number of sulfonamides is 1. The van der Waals surface area contributed by atoms with Crippen molar-refractivity contribution in [1.82, 2.24) is 4.72 Å². The van der Waals surface area contributed by atoms with Crippen LogP contribution >= 0.6 is 15.9 Å². The highest BCUT2D eigenvalue weighted by Crippen LogP contribution is 2.25. The van der Waals surface area contributed by atoms with Gasteiger partial charge in [0, 0.05) is 11.4 Å². The molecule has 19 heavy (non-hydrogen) atoms. The number of hydrogen-bond acceptors (Lipinski definition) is 2. The minimum atomic E-state index is -3.37. The highest BCUT2D eigenvalue weighted by molar-refractivity contribution is 9.08. The van der Waals surface area contributed by atoms with Crippen molar-refractivity contribution >= 4 is 26.0 Å². The molecule has 0 aromatic heterocycles. The lowest BCUT2D eigenvalue weighted by molar-refractivity contribution is 0.327. The Morgan fingerprint density at radius 2 is 1.95 bits per heavy atom. The van der Waals surface area contributed by atoms with Crippen LogP contribution in [-0.4, -0.2) is 14.5 Å². The van der Waals surface area contributed by atoms with E-state index in [2.05, 4.69) is 27.6 Å². The number of nitrogens with one attached hydrogen (secondary N) is 1. The number of alkyl halides is 1. The Hall–Kier alpha value is -0.390. The maximum Gasteiger partial charge on any atom is 0.240 e. The van der Waals surface area contributed by atoms with Crippen LogP contribution in [-0.2, 0) is 15.4 Å². The third kappa shape index (κ3) is 4.04. The predicted molar refractivity (Wildman–Crippen MR) is 80.8 cm³/mol. The molecule has 1 fully saturated rings. The monoisotopic (exact) mass is 345 g/mol. The summed E-state index contributed by atoms with van der Waals surface area (Å²) in [7, 11) is -3.37. The largest absolute Gasteiger partial charge is 0.240 e. The second kappa shape index (κ2) is 6.37. The van der Waals surface area contributed by atoms with Gasteiger partial charge in [-0.1, -0.05) is 47.8 Å². The molecule has 2 unspecified atom stereocenters. The van der Waals surface area contributed by atoms with E-state index in [1.54, 1.807) is 12.1 Å². The third-order valence-electron chi connectivity index (χ3n) is 3.65. The molecule has 1 aliphatic carbocycles. The van der Waals surface area contributed by atoms with Gasteiger partial charge in [0.25, 0.3) is 0 Å². The molecule has 0 saturated heterocycles. The topological polar surface area (TPSA) is 46.2 Å². The lowest BCUT2D eigenvalue weighted by atomic mass is 9.88. The third-order valence-corrected chi connectivity index (χ3v) is 5.83. The Labute approximate surface area is 124 Å². The zero-order valence-corrected chi connectivity index (χ0v) is 13.5. The maximum absolute atomic E-state index is 12.3. The van der Waals surface area contributed by atoms with E-state index in [4.69, 9.17) is 0 Å². The molecule has 0 heterocycles. The summed E-state index contributed by atoms with van der Waals surface area (Å²) in [4.78, 5) is 0.357. The predicted octanol–water partition coefficient (Wildman–Crippen LogP) is 3.44. The first-order chi connectivity index (χ1) is 9.01. The summed E-state index contributed by atoms with van der Waals surface area (Å²) in [5, 5.41) is 0.737. The highest BCUT2D eigenvalue weighted by Gasteiger charge is 2.24. The molecular formula is C14H20BrNO2S. The first kappa shape index (κ1) is 15.0. The van der Waals surface area contributed by atoms with Crippen molar-refractivity contribution < 1.29 is 8.42 Å². The molecule has 106 valence electrons. The van der Waals surface area contributed by atoms with Gasteiger partial charge in [-0.3, -0.25) is 0 Å². The average Bonchev–Trinajstić information content (AvgIpc) is 2.38. The van der Waals surface area contributed by atoms with Gasteiger partial charge in [0.15, 0.2) is 0 Å². The number of rotatable bonds is 4. The number of halogens is 1. The van der Waals surface area contributed by atoms with E-state index in [9.17, 15) is 8.42 Å². The summed E-state index contributed by atoms with van der Waals surface area (Å²) in [5.41, 5.74) is 1.07. The van der Waals surface area contributed by atoms with Gasteiger partial charge in [-0.2, -0.15) is 0 Å². The number of benzene rings is 1. The van der Waals surface area contributed by atoms with E-state index in [0.29, 0.717) is 10.8 Å². The van der Waals surface area contributed by atoms with Crippen LogP contribution in [0.4, 0.5) is 0 Å². The standard InChI is InChI=1S/C14H20BrNO2S/c1-11-3-2-4-13(9-11)16-19(17,18)14-7-5-12(10-15)6-8-14/h5-8,11,13,16H,2-4,9-10H2,1H3. The van der Waals surface area contributed by atoms with Gasteiger partial charge in [-0.05, 0) is 36.5 Å². The van der Waals surface area contributed by atoms with Gasteiger partial charge >= 0.3 is 0 Å². The van der Waals surface area contributed by atoms with E-state index >= 15 is 0 Å². The first-order valence-electron chi connectivity index (χ1n) is 6.68. The fourth-order valence-electron chi connectivity index (χ4n) is 2.59. The molecule has 3 nitrogen and oxygen atoms in total. The lowest BCUT2D eigenvalue weighted by Gasteiger charge is -2.27. The highest BCUT2D eigenvalue weighted by atomic mass is 79.9.